The van der Waals surface area contributed by atoms with Gasteiger partial charge in [0.15, 0.2) is 6.10 Å². The number of esters is 2. The molecular formula is C39H66O5. The number of ether oxygens (including phenoxy) is 2. The largest absolute Gasteiger partial charge is 0.462 e. The maximum absolute atomic E-state index is 12.1. The second-order valence-electron chi connectivity index (χ2n) is 11.6. The van der Waals surface area contributed by atoms with Crippen molar-refractivity contribution in [3.63, 3.8) is 0 Å². The summed E-state index contributed by atoms with van der Waals surface area (Å²) in [4.78, 5) is 24.1. The standard InChI is InChI=1S/C39H66O5/c1-3-5-7-9-11-13-15-16-17-18-19-20-21-22-24-26-28-30-32-34-39(42)44-37(35-40)36-43-38(41)33-31-29-27-25-23-14-12-10-8-6-4-2/h10-13,16-17,19-20,22,24,37,40H,3-9,14-15,18,21,23,25-36H2,1-2H3. The van der Waals surface area contributed by atoms with Crippen LogP contribution in [-0.2, 0) is 19.1 Å². The molecule has 0 heterocycles. The molecule has 0 aromatic carbocycles. The monoisotopic (exact) mass is 614 g/mol. The smallest absolute Gasteiger partial charge is 0.306 e. The highest BCUT2D eigenvalue weighted by Crippen LogP contribution is 2.10. The van der Waals surface area contributed by atoms with E-state index >= 15 is 0 Å². The molecule has 0 aliphatic carbocycles. The van der Waals surface area contributed by atoms with Crippen LogP contribution < -0.4 is 0 Å². The molecule has 0 amide bonds. The number of hydrogen-bond donors (Lipinski definition) is 1. The van der Waals surface area contributed by atoms with E-state index in [2.05, 4.69) is 74.6 Å². The van der Waals surface area contributed by atoms with Crippen LogP contribution in [0.25, 0.3) is 0 Å². The van der Waals surface area contributed by atoms with Crippen molar-refractivity contribution >= 4 is 11.9 Å². The van der Waals surface area contributed by atoms with Gasteiger partial charge >= 0.3 is 11.9 Å². The fraction of sp³-hybridized carbons (Fsp3) is 0.692. The van der Waals surface area contributed by atoms with Crippen LogP contribution in [0.15, 0.2) is 60.8 Å². The summed E-state index contributed by atoms with van der Waals surface area (Å²) in [7, 11) is 0. The van der Waals surface area contributed by atoms with E-state index in [1.54, 1.807) is 0 Å². The lowest BCUT2D eigenvalue weighted by atomic mass is 10.1. The average molecular weight is 615 g/mol. The predicted molar refractivity (Wildman–Crippen MR) is 187 cm³/mol. The van der Waals surface area contributed by atoms with Gasteiger partial charge < -0.3 is 14.6 Å². The van der Waals surface area contributed by atoms with Crippen molar-refractivity contribution in [3.05, 3.63) is 60.8 Å². The Morgan fingerprint density at radius 2 is 0.932 bits per heavy atom. The van der Waals surface area contributed by atoms with Gasteiger partial charge in [0.1, 0.15) is 6.61 Å². The Labute approximate surface area is 271 Å². The van der Waals surface area contributed by atoms with Crippen molar-refractivity contribution in [1.82, 2.24) is 0 Å². The highest BCUT2D eigenvalue weighted by molar-refractivity contribution is 5.70. The summed E-state index contributed by atoms with van der Waals surface area (Å²) in [6.45, 7) is 4.01. The Balaban J connectivity index is 3.69. The van der Waals surface area contributed by atoms with Gasteiger partial charge in [0.05, 0.1) is 6.61 Å². The van der Waals surface area contributed by atoms with Crippen LogP contribution in [0.1, 0.15) is 155 Å². The second-order valence-corrected chi connectivity index (χ2v) is 11.6. The van der Waals surface area contributed by atoms with E-state index in [1.807, 2.05) is 0 Å². The number of aliphatic hydroxyl groups excluding tert-OH is 1. The molecule has 5 heteroatoms. The Hall–Kier alpha value is -2.40. The van der Waals surface area contributed by atoms with E-state index in [0.29, 0.717) is 12.8 Å². The summed E-state index contributed by atoms with van der Waals surface area (Å²) in [5, 5.41) is 9.51. The van der Waals surface area contributed by atoms with Gasteiger partial charge in [-0.25, -0.2) is 0 Å². The highest BCUT2D eigenvalue weighted by Gasteiger charge is 2.16. The minimum absolute atomic E-state index is 0.0858. The van der Waals surface area contributed by atoms with Crippen LogP contribution in [0.3, 0.4) is 0 Å². The third-order valence-corrected chi connectivity index (χ3v) is 7.28. The second kappa shape index (κ2) is 35.1. The van der Waals surface area contributed by atoms with Gasteiger partial charge in [-0.15, -0.1) is 0 Å². The van der Waals surface area contributed by atoms with Crippen LogP contribution in [0.4, 0.5) is 0 Å². The van der Waals surface area contributed by atoms with Gasteiger partial charge in [-0.2, -0.15) is 0 Å². The maximum atomic E-state index is 12.1. The summed E-state index contributed by atoms with van der Waals surface area (Å²) < 4.78 is 10.5. The molecule has 0 aliphatic heterocycles. The van der Waals surface area contributed by atoms with Crippen molar-refractivity contribution in [2.45, 2.75) is 161 Å². The summed E-state index contributed by atoms with van der Waals surface area (Å²) in [5.41, 5.74) is 0. The molecule has 1 N–H and O–H groups in total. The average Bonchev–Trinajstić information content (AvgIpc) is 3.02. The lowest BCUT2D eigenvalue weighted by molar-refractivity contribution is -0.161. The van der Waals surface area contributed by atoms with Crippen LogP contribution >= 0.6 is 0 Å². The normalized spacial score (nSPS) is 12.9. The van der Waals surface area contributed by atoms with Crippen molar-refractivity contribution in [2.24, 2.45) is 0 Å². The predicted octanol–water partition coefficient (Wildman–Crippen LogP) is 10.8. The van der Waals surface area contributed by atoms with E-state index in [1.165, 1.54) is 57.8 Å². The minimum Gasteiger partial charge on any atom is -0.462 e. The Morgan fingerprint density at radius 3 is 1.48 bits per heavy atom. The number of carbonyl (C=O) groups is 2. The molecule has 5 nitrogen and oxygen atoms in total. The SMILES string of the molecule is CCCCC=CCCCCCCCC(=O)OCC(CO)OC(=O)CCCCCC=CCC=CCC=CCC=CCCCCC. The first-order valence-corrected chi connectivity index (χ1v) is 17.8. The van der Waals surface area contributed by atoms with Crippen molar-refractivity contribution in [3.8, 4) is 0 Å². The number of aliphatic hydroxyl groups is 1. The third kappa shape index (κ3) is 32.5. The molecule has 252 valence electrons. The van der Waals surface area contributed by atoms with E-state index in [4.69, 9.17) is 9.47 Å². The van der Waals surface area contributed by atoms with Gasteiger partial charge in [-0.3, -0.25) is 9.59 Å². The molecule has 0 fully saturated rings. The van der Waals surface area contributed by atoms with Crippen LogP contribution in [0, 0.1) is 0 Å². The first kappa shape index (κ1) is 41.6. The Bertz CT molecular complexity index is 792. The van der Waals surface area contributed by atoms with Crippen molar-refractivity contribution in [1.29, 1.82) is 0 Å². The molecule has 0 bridgehead atoms. The molecule has 0 saturated heterocycles. The molecule has 0 radical (unpaired) electrons. The number of rotatable bonds is 31. The molecule has 0 saturated carbocycles. The summed E-state index contributed by atoms with van der Waals surface area (Å²) in [6.07, 6.45) is 44.1. The lowest BCUT2D eigenvalue weighted by Gasteiger charge is -2.15. The molecule has 0 spiro atoms. The van der Waals surface area contributed by atoms with E-state index in [9.17, 15) is 14.7 Å². The molecule has 1 unspecified atom stereocenters. The van der Waals surface area contributed by atoms with Crippen molar-refractivity contribution in [2.75, 3.05) is 13.2 Å². The fourth-order valence-corrected chi connectivity index (χ4v) is 4.52. The summed E-state index contributed by atoms with van der Waals surface area (Å²) in [6, 6.07) is 0. The molecule has 0 rings (SSSR count). The van der Waals surface area contributed by atoms with Crippen LogP contribution in [0.2, 0.25) is 0 Å². The zero-order valence-electron chi connectivity index (χ0n) is 28.4. The van der Waals surface area contributed by atoms with Gasteiger partial charge in [0.2, 0.25) is 0 Å². The van der Waals surface area contributed by atoms with Gasteiger partial charge in [-0.1, -0.05) is 126 Å². The van der Waals surface area contributed by atoms with Crippen molar-refractivity contribution < 1.29 is 24.2 Å². The van der Waals surface area contributed by atoms with Gasteiger partial charge in [-0.05, 0) is 77.0 Å². The zero-order valence-corrected chi connectivity index (χ0v) is 28.4. The molecule has 44 heavy (non-hydrogen) atoms. The molecule has 0 aromatic heterocycles. The van der Waals surface area contributed by atoms with E-state index < -0.39 is 6.10 Å². The molecular weight excluding hydrogens is 548 g/mol. The lowest BCUT2D eigenvalue weighted by Crippen LogP contribution is -2.28. The Kier molecular flexibility index (Phi) is 33.2. The quantitative estimate of drug-likeness (QED) is 0.0478. The minimum atomic E-state index is -0.791. The fourth-order valence-electron chi connectivity index (χ4n) is 4.52. The van der Waals surface area contributed by atoms with E-state index in [0.717, 1.165) is 70.6 Å². The molecule has 0 aromatic rings. The van der Waals surface area contributed by atoms with Gasteiger partial charge in [0, 0.05) is 12.8 Å². The molecule has 0 aliphatic rings. The topological polar surface area (TPSA) is 72.8 Å². The first-order chi connectivity index (χ1) is 21.6. The highest BCUT2D eigenvalue weighted by atomic mass is 16.6. The molecule has 1 atom stereocenters. The number of unbranched alkanes of at least 4 members (excludes halogenated alkanes) is 13. The number of allylic oxidation sites excluding steroid dienone is 10. The van der Waals surface area contributed by atoms with Crippen LogP contribution in [-0.4, -0.2) is 36.4 Å². The Morgan fingerprint density at radius 1 is 0.523 bits per heavy atom. The number of hydrogen-bond acceptors (Lipinski definition) is 5. The van der Waals surface area contributed by atoms with Crippen LogP contribution in [0.5, 0.6) is 0 Å². The maximum Gasteiger partial charge on any atom is 0.306 e. The summed E-state index contributed by atoms with van der Waals surface area (Å²) >= 11 is 0. The number of carbonyl (C=O) groups excluding carboxylic acids is 2. The van der Waals surface area contributed by atoms with Gasteiger partial charge in [0.25, 0.3) is 0 Å². The first-order valence-electron chi connectivity index (χ1n) is 17.8. The zero-order chi connectivity index (χ0) is 32.2. The van der Waals surface area contributed by atoms with E-state index in [-0.39, 0.29) is 25.2 Å². The third-order valence-electron chi connectivity index (χ3n) is 7.28. The summed E-state index contributed by atoms with van der Waals surface area (Å²) in [5.74, 6) is -0.645.